The number of benzene rings is 1. The summed E-state index contributed by atoms with van der Waals surface area (Å²) in [5, 5.41) is 13.0. The summed E-state index contributed by atoms with van der Waals surface area (Å²) in [5.74, 6) is -0.525. The van der Waals surface area contributed by atoms with Gasteiger partial charge in [-0.3, -0.25) is 19.7 Å². The van der Waals surface area contributed by atoms with Gasteiger partial charge in [-0.2, -0.15) is 5.10 Å². The first-order valence-corrected chi connectivity index (χ1v) is 9.25. The third-order valence-electron chi connectivity index (χ3n) is 3.99. The molecule has 2 aromatic rings. The summed E-state index contributed by atoms with van der Waals surface area (Å²) in [6, 6.07) is 7.69. The molecular weight excluding hydrogens is 366 g/mol. The van der Waals surface area contributed by atoms with Gasteiger partial charge in [0.1, 0.15) is 5.71 Å². The molecule has 9 heteroatoms. The van der Waals surface area contributed by atoms with Crippen LogP contribution in [0.4, 0.5) is 5.13 Å². The van der Waals surface area contributed by atoms with Crippen LogP contribution in [0.1, 0.15) is 25.3 Å². The Bertz CT molecular complexity index is 904. The Morgan fingerprint density at radius 2 is 1.96 bits per heavy atom. The van der Waals surface area contributed by atoms with Crippen molar-refractivity contribution in [1.82, 2.24) is 15.3 Å². The number of carbonyl (C=O) groups excluding carboxylic acids is 3. The van der Waals surface area contributed by atoms with Gasteiger partial charge >= 0.3 is 0 Å². The molecular formula is C18H19N5O3S. The van der Waals surface area contributed by atoms with Crippen molar-refractivity contribution in [2.45, 2.75) is 26.3 Å². The van der Waals surface area contributed by atoms with Gasteiger partial charge in [0.25, 0.3) is 5.91 Å². The molecule has 140 valence electrons. The highest BCUT2D eigenvalue weighted by atomic mass is 32.1. The van der Waals surface area contributed by atoms with Gasteiger partial charge in [-0.05, 0) is 5.56 Å². The lowest BCUT2D eigenvalue weighted by atomic mass is 10.1. The van der Waals surface area contributed by atoms with Gasteiger partial charge in [0, 0.05) is 44.3 Å². The molecule has 2 N–H and O–H groups in total. The second kappa shape index (κ2) is 8.09. The Kier molecular flexibility index (Phi) is 5.60. The largest absolute Gasteiger partial charge is 0.352 e. The molecule has 1 aliphatic rings. The third-order valence-corrected chi connectivity index (χ3v) is 4.74. The minimum atomic E-state index is -0.346. The molecule has 1 aliphatic heterocycles. The van der Waals surface area contributed by atoms with E-state index in [4.69, 9.17) is 0 Å². The quantitative estimate of drug-likeness (QED) is 0.821. The smallest absolute Gasteiger partial charge is 0.273 e. The summed E-state index contributed by atoms with van der Waals surface area (Å²) < 4.78 is 0. The van der Waals surface area contributed by atoms with E-state index in [9.17, 15) is 14.4 Å². The average Bonchev–Trinajstić information content (AvgIpc) is 3.11. The highest BCUT2D eigenvalue weighted by Gasteiger charge is 2.22. The normalized spacial score (nSPS) is 13.9. The van der Waals surface area contributed by atoms with E-state index in [2.05, 4.69) is 20.7 Å². The van der Waals surface area contributed by atoms with E-state index in [1.807, 2.05) is 29.6 Å². The predicted octanol–water partition coefficient (Wildman–Crippen LogP) is 1.99. The van der Waals surface area contributed by atoms with Crippen molar-refractivity contribution in [2.75, 3.05) is 12.4 Å². The van der Waals surface area contributed by atoms with Crippen LogP contribution in [0.3, 0.4) is 0 Å². The fourth-order valence-electron chi connectivity index (χ4n) is 2.49. The van der Waals surface area contributed by atoms with Crippen LogP contribution < -0.4 is 10.6 Å². The maximum Gasteiger partial charge on any atom is 0.273 e. The van der Waals surface area contributed by atoms with Crippen LogP contribution in [-0.2, 0) is 20.9 Å². The standard InChI is InChI=1S/C18H19N5O3S/c1-11(24)19-9-12-3-5-13(6-4-12)15-10-27-18(20-15)21-17(26)14-7-8-16(25)23(2)22-14/h3-6,10H,7-9H2,1-2H3,(H,19,24)(H,20,21,26). The van der Waals surface area contributed by atoms with Crippen molar-refractivity contribution in [1.29, 1.82) is 0 Å². The van der Waals surface area contributed by atoms with Gasteiger partial charge in [0.15, 0.2) is 5.13 Å². The number of nitrogens with one attached hydrogen (secondary N) is 2. The number of hydrogen-bond acceptors (Lipinski definition) is 6. The molecule has 0 bridgehead atoms. The number of aromatic nitrogens is 1. The number of hydrogen-bond donors (Lipinski definition) is 2. The second-order valence-electron chi connectivity index (χ2n) is 6.06. The monoisotopic (exact) mass is 385 g/mol. The van der Waals surface area contributed by atoms with Crippen molar-refractivity contribution in [3.8, 4) is 11.3 Å². The lowest BCUT2D eigenvalue weighted by molar-refractivity contribution is -0.130. The van der Waals surface area contributed by atoms with Crippen LogP contribution in [0.2, 0.25) is 0 Å². The fraction of sp³-hybridized carbons (Fsp3) is 0.278. The van der Waals surface area contributed by atoms with Gasteiger partial charge in [0.2, 0.25) is 11.8 Å². The highest BCUT2D eigenvalue weighted by molar-refractivity contribution is 7.14. The van der Waals surface area contributed by atoms with Crippen LogP contribution in [0.5, 0.6) is 0 Å². The van der Waals surface area contributed by atoms with E-state index in [0.29, 0.717) is 23.8 Å². The summed E-state index contributed by atoms with van der Waals surface area (Å²) in [6.45, 7) is 1.96. The molecule has 0 aliphatic carbocycles. The number of carbonyl (C=O) groups is 3. The summed E-state index contributed by atoms with van der Waals surface area (Å²) in [5.41, 5.74) is 2.97. The van der Waals surface area contributed by atoms with Gasteiger partial charge in [0.05, 0.1) is 5.69 Å². The summed E-state index contributed by atoms with van der Waals surface area (Å²) >= 11 is 1.32. The van der Waals surface area contributed by atoms with Crippen LogP contribution in [0, 0.1) is 0 Å². The SMILES string of the molecule is CC(=O)NCc1ccc(-c2csc(NC(=O)C3=NN(C)C(=O)CC3)n2)cc1. The molecule has 0 spiro atoms. The minimum absolute atomic E-state index is 0.0721. The molecule has 0 atom stereocenters. The molecule has 0 saturated heterocycles. The van der Waals surface area contributed by atoms with Crippen molar-refractivity contribution in [3.05, 3.63) is 35.2 Å². The number of nitrogens with zero attached hydrogens (tertiary/aromatic N) is 3. The number of hydrazone groups is 1. The Balaban J connectivity index is 1.64. The zero-order valence-corrected chi connectivity index (χ0v) is 15.8. The second-order valence-corrected chi connectivity index (χ2v) is 6.92. The van der Waals surface area contributed by atoms with Crippen molar-refractivity contribution >= 4 is 39.9 Å². The molecule has 0 fully saturated rings. The molecule has 2 heterocycles. The van der Waals surface area contributed by atoms with Gasteiger partial charge in [-0.15, -0.1) is 11.3 Å². The maximum absolute atomic E-state index is 12.3. The van der Waals surface area contributed by atoms with E-state index >= 15 is 0 Å². The topological polar surface area (TPSA) is 104 Å². The molecule has 3 amide bonds. The van der Waals surface area contributed by atoms with E-state index in [1.165, 1.54) is 30.3 Å². The van der Waals surface area contributed by atoms with Gasteiger partial charge < -0.3 is 5.32 Å². The summed E-state index contributed by atoms with van der Waals surface area (Å²) in [7, 11) is 1.53. The van der Waals surface area contributed by atoms with Crippen molar-refractivity contribution < 1.29 is 14.4 Å². The highest BCUT2D eigenvalue weighted by Crippen LogP contribution is 2.25. The molecule has 0 radical (unpaired) electrons. The Morgan fingerprint density at radius 1 is 1.22 bits per heavy atom. The van der Waals surface area contributed by atoms with Crippen molar-refractivity contribution in [2.24, 2.45) is 5.10 Å². The maximum atomic E-state index is 12.3. The van der Waals surface area contributed by atoms with Crippen LogP contribution in [-0.4, -0.2) is 40.5 Å². The van der Waals surface area contributed by atoms with Crippen LogP contribution in [0.15, 0.2) is 34.7 Å². The molecule has 3 rings (SSSR count). The van der Waals surface area contributed by atoms with Crippen LogP contribution >= 0.6 is 11.3 Å². The zero-order chi connectivity index (χ0) is 19.4. The average molecular weight is 385 g/mol. The summed E-state index contributed by atoms with van der Waals surface area (Å²) in [6.07, 6.45) is 0.597. The first-order valence-electron chi connectivity index (χ1n) is 8.37. The molecule has 1 aromatic heterocycles. The third kappa shape index (κ3) is 4.76. The van der Waals surface area contributed by atoms with E-state index in [-0.39, 0.29) is 24.1 Å². The van der Waals surface area contributed by atoms with Gasteiger partial charge in [-0.1, -0.05) is 24.3 Å². The first kappa shape index (κ1) is 18.7. The Labute approximate surface area is 160 Å². The number of thiazole rings is 1. The molecule has 8 nitrogen and oxygen atoms in total. The first-order chi connectivity index (χ1) is 12.9. The van der Waals surface area contributed by atoms with Crippen molar-refractivity contribution in [3.63, 3.8) is 0 Å². The molecule has 0 saturated carbocycles. The van der Waals surface area contributed by atoms with Gasteiger partial charge in [-0.25, -0.2) is 9.99 Å². The van der Waals surface area contributed by atoms with E-state index in [0.717, 1.165) is 16.8 Å². The Morgan fingerprint density at radius 3 is 2.63 bits per heavy atom. The fourth-order valence-corrected chi connectivity index (χ4v) is 3.20. The molecule has 0 unspecified atom stereocenters. The number of rotatable bonds is 5. The molecule has 1 aromatic carbocycles. The summed E-state index contributed by atoms with van der Waals surface area (Å²) in [4.78, 5) is 39.1. The molecule has 27 heavy (non-hydrogen) atoms. The van der Waals surface area contributed by atoms with Crippen LogP contribution in [0.25, 0.3) is 11.3 Å². The van der Waals surface area contributed by atoms with E-state index in [1.54, 1.807) is 0 Å². The lowest BCUT2D eigenvalue weighted by Gasteiger charge is -2.18. The predicted molar refractivity (Wildman–Crippen MR) is 103 cm³/mol. The Hall–Kier alpha value is -3.07. The lowest BCUT2D eigenvalue weighted by Crippen LogP contribution is -2.34. The number of anilines is 1. The van der Waals surface area contributed by atoms with E-state index < -0.39 is 0 Å². The minimum Gasteiger partial charge on any atom is -0.352 e. The number of amides is 3. The zero-order valence-electron chi connectivity index (χ0n) is 15.0.